The van der Waals surface area contributed by atoms with Gasteiger partial charge in [-0.2, -0.15) is 0 Å². The second-order valence-electron chi connectivity index (χ2n) is 7.79. The Kier molecular flexibility index (Phi) is 6.54. The number of fused-ring (bicyclic) bond motifs is 1. The molecule has 2 aromatic carbocycles. The Bertz CT molecular complexity index is 1350. The van der Waals surface area contributed by atoms with Crippen molar-refractivity contribution >= 4 is 34.4 Å². The Balaban J connectivity index is 1.49. The number of carbonyl (C=O) groups is 3. The van der Waals surface area contributed by atoms with E-state index in [0.717, 1.165) is 0 Å². The van der Waals surface area contributed by atoms with Crippen LogP contribution in [0.3, 0.4) is 0 Å². The molecule has 34 heavy (non-hydrogen) atoms. The molecule has 0 aliphatic rings. The van der Waals surface area contributed by atoms with E-state index >= 15 is 0 Å². The summed E-state index contributed by atoms with van der Waals surface area (Å²) in [5.74, 6) is -0.522. The third kappa shape index (κ3) is 5.21. The number of amides is 4. The van der Waals surface area contributed by atoms with Crippen LogP contribution in [0, 0.1) is 0 Å². The number of para-hydroxylation sites is 1. The molecule has 4 N–H and O–H groups in total. The van der Waals surface area contributed by atoms with Crippen molar-refractivity contribution in [2.75, 3.05) is 5.32 Å². The molecule has 9 heteroatoms. The highest BCUT2D eigenvalue weighted by atomic mass is 16.3. The van der Waals surface area contributed by atoms with Gasteiger partial charge in [0.05, 0.1) is 17.3 Å². The summed E-state index contributed by atoms with van der Waals surface area (Å²) >= 11 is 0. The first-order valence-electron chi connectivity index (χ1n) is 10.6. The second-order valence-corrected chi connectivity index (χ2v) is 7.79. The number of nitrogens with zero attached hydrogens (tertiary/aromatic N) is 1. The predicted molar refractivity (Wildman–Crippen MR) is 128 cm³/mol. The highest BCUT2D eigenvalue weighted by Gasteiger charge is 2.16. The summed E-state index contributed by atoms with van der Waals surface area (Å²) in [5, 5.41) is 6.01. The van der Waals surface area contributed by atoms with Gasteiger partial charge in [0.2, 0.25) is 0 Å². The molecule has 0 saturated heterocycles. The van der Waals surface area contributed by atoms with Crippen molar-refractivity contribution in [3.63, 3.8) is 0 Å². The molecule has 0 aliphatic carbocycles. The number of carbonyl (C=O) groups excluding carboxylic acids is 3. The van der Waals surface area contributed by atoms with Crippen molar-refractivity contribution in [1.29, 1.82) is 0 Å². The second kappa shape index (κ2) is 9.86. The van der Waals surface area contributed by atoms with E-state index in [1.807, 2.05) is 19.9 Å². The van der Waals surface area contributed by atoms with Crippen LogP contribution in [-0.4, -0.2) is 28.9 Å². The quantitative estimate of drug-likeness (QED) is 0.336. The Morgan fingerprint density at radius 3 is 2.44 bits per heavy atom. The molecule has 0 radical (unpaired) electrons. The summed E-state index contributed by atoms with van der Waals surface area (Å²) < 4.78 is 5.42. The van der Waals surface area contributed by atoms with Crippen molar-refractivity contribution in [2.24, 2.45) is 0 Å². The zero-order valence-corrected chi connectivity index (χ0v) is 18.6. The van der Waals surface area contributed by atoms with Crippen LogP contribution in [0.25, 0.3) is 22.4 Å². The van der Waals surface area contributed by atoms with Crippen LogP contribution in [0.2, 0.25) is 0 Å². The molecule has 0 fully saturated rings. The highest BCUT2D eigenvalue weighted by Crippen LogP contribution is 2.25. The normalized spacial score (nSPS) is 10.7. The predicted octanol–water partition coefficient (Wildman–Crippen LogP) is 4.10. The maximum atomic E-state index is 13.0. The summed E-state index contributed by atoms with van der Waals surface area (Å²) in [6.07, 6.45) is 1.53. The smallest absolute Gasteiger partial charge is 0.319 e. The zero-order valence-electron chi connectivity index (χ0n) is 18.6. The molecule has 2 aromatic heterocycles. The van der Waals surface area contributed by atoms with Gasteiger partial charge >= 0.3 is 6.03 Å². The Morgan fingerprint density at radius 2 is 1.68 bits per heavy atom. The number of hydrogen-bond donors (Lipinski definition) is 4. The third-order valence-electron chi connectivity index (χ3n) is 4.83. The minimum Gasteiger partial charge on any atom is -0.463 e. The van der Waals surface area contributed by atoms with Gasteiger partial charge in [0.25, 0.3) is 11.8 Å². The van der Waals surface area contributed by atoms with Crippen molar-refractivity contribution < 1.29 is 18.8 Å². The van der Waals surface area contributed by atoms with E-state index in [4.69, 9.17) is 4.42 Å². The molecule has 0 atom stereocenters. The first kappa shape index (κ1) is 22.5. The van der Waals surface area contributed by atoms with Crippen molar-refractivity contribution in [2.45, 2.75) is 19.9 Å². The number of hydrazine groups is 1. The summed E-state index contributed by atoms with van der Waals surface area (Å²) in [5.41, 5.74) is 7.02. The Hall–Kier alpha value is -4.66. The van der Waals surface area contributed by atoms with E-state index in [0.29, 0.717) is 33.6 Å². The number of urea groups is 1. The van der Waals surface area contributed by atoms with Gasteiger partial charge in [0.1, 0.15) is 5.69 Å². The number of rotatable bonds is 5. The van der Waals surface area contributed by atoms with Crippen molar-refractivity contribution in [1.82, 2.24) is 21.2 Å². The lowest BCUT2D eigenvalue weighted by molar-refractivity contribution is 0.0847. The molecular formula is C25H23N5O4. The number of nitrogens with one attached hydrogen (secondary N) is 4. The van der Waals surface area contributed by atoms with Crippen LogP contribution in [0.5, 0.6) is 0 Å². The maximum Gasteiger partial charge on any atom is 0.319 e. The number of hydrogen-bond acceptors (Lipinski definition) is 5. The van der Waals surface area contributed by atoms with Crippen molar-refractivity contribution in [3.8, 4) is 11.5 Å². The summed E-state index contributed by atoms with van der Waals surface area (Å²) in [6, 6.07) is 18.3. The monoisotopic (exact) mass is 457 g/mol. The summed E-state index contributed by atoms with van der Waals surface area (Å²) in [7, 11) is 0. The number of pyridine rings is 1. The van der Waals surface area contributed by atoms with Crippen molar-refractivity contribution in [3.05, 3.63) is 84.1 Å². The van der Waals surface area contributed by atoms with E-state index in [2.05, 4.69) is 26.5 Å². The standard InChI is InChI=1S/C25H23N5O4/c1-15(2)26-25(33)27-17-8-5-7-16(13-17)23(31)29-30-24(32)19-14-21(22-11-6-12-34-22)28-20-10-4-3-9-18(19)20/h3-15H,1-2H3,(H,29,31)(H,30,32)(H2,26,27,33). The Morgan fingerprint density at radius 1 is 0.882 bits per heavy atom. The van der Waals surface area contributed by atoms with Gasteiger partial charge in [-0.3, -0.25) is 20.4 Å². The zero-order chi connectivity index (χ0) is 24.1. The van der Waals surface area contributed by atoms with Crippen LogP contribution in [0.15, 0.2) is 77.4 Å². The highest BCUT2D eigenvalue weighted by molar-refractivity contribution is 6.08. The summed E-state index contributed by atoms with van der Waals surface area (Å²) in [4.78, 5) is 42.1. The third-order valence-corrected chi connectivity index (χ3v) is 4.83. The van der Waals surface area contributed by atoms with Crippen LogP contribution in [-0.2, 0) is 0 Å². The molecule has 2 heterocycles. The number of benzene rings is 2. The lowest BCUT2D eigenvalue weighted by atomic mass is 10.1. The largest absolute Gasteiger partial charge is 0.463 e. The minimum atomic E-state index is -0.536. The van der Waals surface area contributed by atoms with E-state index in [1.165, 1.54) is 12.3 Å². The van der Waals surface area contributed by atoms with Gasteiger partial charge in [0.15, 0.2) is 5.76 Å². The van der Waals surface area contributed by atoms with Gasteiger partial charge in [-0.25, -0.2) is 9.78 Å². The average molecular weight is 457 g/mol. The number of aromatic nitrogens is 1. The van der Waals surface area contributed by atoms with Gasteiger partial charge in [-0.1, -0.05) is 24.3 Å². The maximum absolute atomic E-state index is 13.0. The molecule has 4 aromatic rings. The molecule has 0 bridgehead atoms. The molecule has 172 valence electrons. The molecule has 0 spiro atoms. The molecule has 0 saturated carbocycles. The van der Waals surface area contributed by atoms with Crippen LogP contribution in [0.4, 0.5) is 10.5 Å². The molecule has 9 nitrogen and oxygen atoms in total. The van der Waals surface area contributed by atoms with E-state index in [-0.39, 0.29) is 17.6 Å². The van der Waals surface area contributed by atoms with Gasteiger partial charge in [-0.15, -0.1) is 0 Å². The molecule has 4 amide bonds. The SMILES string of the molecule is CC(C)NC(=O)Nc1cccc(C(=O)NNC(=O)c2cc(-c3ccco3)nc3ccccc23)c1. The Labute approximate surface area is 195 Å². The van der Waals surface area contributed by atoms with Gasteiger partial charge in [-0.05, 0) is 56.3 Å². The van der Waals surface area contributed by atoms with Gasteiger partial charge < -0.3 is 15.1 Å². The van der Waals surface area contributed by atoms with E-state index in [9.17, 15) is 14.4 Å². The van der Waals surface area contributed by atoms with Gasteiger partial charge in [0, 0.05) is 22.7 Å². The fourth-order valence-corrected chi connectivity index (χ4v) is 3.33. The summed E-state index contributed by atoms with van der Waals surface area (Å²) in [6.45, 7) is 3.69. The molecule has 4 rings (SSSR count). The molecule has 0 aliphatic heterocycles. The first-order chi connectivity index (χ1) is 16.4. The van der Waals surface area contributed by atoms with Crippen LogP contribution < -0.4 is 21.5 Å². The fourth-order valence-electron chi connectivity index (χ4n) is 3.33. The average Bonchev–Trinajstić information content (AvgIpc) is 3.36. The first-order valence-corrected chi connectivity index (χ1v) is 10.6. The number of anilines is 1. The molecule has 0 unspecified atom stereocenters. The lowest BCUT2D eigenvalue weighted by Crippen LogP contribution is -2.41. The van der Waals surface area contributed by atoms with E-state index < -0.39 is 11.8 Å². The van der Waals surface area contributed by atoms with E-state index in [1.54, 1.807) is 54.6 Å². The topological polar surface area (TPSA) is 125 Å². The van der Waals surface area contributed by atoms with Crippen LogP contribution in [0.1, 0.15) is 34.6 Å². The van der Waals surface area contributed by atoms with Crippen LogP contribution >= 0.6 is 0 Å². The molecular weight excluding hydrogens is 434 g/mol. The minimum absolute atomic E-state index is 0.0285. The number of furan rings is 1. The fraction of sp³-hybridized carbons (Fsp3) is 0.120. The lowest BCUT2D eigenvalue weighted by Gasteiger charge is -2.12.